The van der Waals surface area contributed by atoms with Gasteiger partial charge in [-0.25, -0.2) is 0 Å². The predicted octanol–water partition coefficient (Wildman–Crippen LogP) is 1.69. The Balaban J connectivity index is 2.03. The van der Waals surface area contributed by atoms with E-state index in [9.17, 15) is 23.3 Å². The normalized spacial score (nSPS) is 22.7. The number of nitro benzene ring substituents is 1. The third-order valence-corrected chi connectivity index (χ3v) is 4.87. The molecule has 1 aliphatic heterocycles. The molecule has 0 amide bonds. The second-order valence-corrected chi connectivity index (χ2v) is 7.82. The molecule has 0 saturated carbocycles. The summed E-state index contributed by atoms with van der Waals surface area (Å²) >= 11 is 0. The topological polar surface area (TPSA) is 142 Å². The first-order chi connectivity index (χ1) is 12.0. The van der Waals surface area contributed by atoms with Crippen LogP contribution in [0.3, 0.4) is 0 Å². The molecule has 2 atom stereocenters. The molecule has 11 heteroatoms. The summed E-state index contributed by atoms with van der Waals surface area (Å²) in [6.07, 6.45) is -1.40. The molecule has 0 unspecified atom stereocenters. The summed E-state index contributed by atoms with van der Waals surface area (Å²) in [7, 11) is -4.14. The summed E-state index contributed by atoms with van der Waals surface area (Å²) in [4.78, 5) is 20.6. The third kappa shape index (κ3) is 5.46. The Morgan fingerprint density at radius 1 is 1.31 bits per heavy atom. The van der Waals surface area contributed by atoms with Gasteiger partial charge in [0.2, 0.25) is 0 Å². The lowest BCUT2D eigenvalue weighted by Gasteiger charge is -2.40. The number of ether oxygens (including phenoxy) is 2. The molecular formula is C15H19NO9S. The molecule has 2 rings (SSSR count). The Morgan fingerprint density at radius 3 is 2.42 bits per heavy atom. The van der Waals surface area contributed by atoms with Crippen LogP contribution in [-0.2, 0) is 28.6 Å². The number of nitrogens with zero attached hydrogens (tertiary/aromatic N) is 1. The fraction of sp³-hybridized carbons (Fsp3) is 0.533. The van der Waals surface area contributed by atoms with Gasteiger partial charge in [0.25, 0.3) is 15.8 Å². The molecule has 1 fully saturated rings. The molecule has 0 bridgehead atoms. The summed E-state index contributed by atoms with van der Waals surface area (Å²) in [5.74, 6) is -2.12. The Labute approximate surface area is 149 Å². The van der Waals surface area contributed by atoms with Gasteiger partial charge in [-0.1, -0.05) is 0 Å². The van der Waals surface area contributed by atoms with Crippen LogP contribution in [-0.4, -0.2) is 49.0 Å². The number of rotatable bonds is 7. The largest absolute Gasteiger partial charge is 0.481 e. The highest BCUT2D eigenvalue weighted by Gasteiger charge is 2.37. The van der Waals surface area contributed by atoms with Crippen molar-refractivity contribution in [3.63, 3.8) is 0 Å². The quantitative estimate of drug-likeness (QED) is 0.418. The summed E-state index contributed by atoms with van der Waals surface area (Å²) in [5.41, 5.74) is -0.241. The van der Waals surface area contributed by atoms with Crippen LogP contribution in [0, 0.1) is 10.1 Å². The van der Waals surface area contributed by atoms with Gasteiger partial charge in [-0.15, -0.1) is 0 Å². The van der Waals surface area contributed by atoms with Crippen molar-refractivity contribution in [3.8, 4) is 0 Å². The molecule has 26 heavy (non-hydrogen) atoms. The van der Waals surface area contributed by atoms with Crippen molar-refractivity contribution in [2.75, 3.05) is 6.61 Å². The molecule has 0 radical (unpaired) electrons. The first-order valence-electron chi connectivity index (χ1n) is 7.70. The van der Waals surface area contributed by atoms with Gasteiger partial charge >= 0.3 is 5.97 Å². The number of hydrogen-bond acceptors (Lipinski definition) is 8. The summed E-state index contributed by atoms with van der Waals surface area (Å²) in [6, 6.07) is 4.28. The van der Waals surface area contributed by atoms with Gasteiger partial charge in [0.15, 0.2) is 5.79 Å². The highest BCUT2D eigenvalue weighted by Crippen LogP contribution is 2.29. The Morgan fingerprint density at radius 2 is 1.88 bits per heavy atom. The molecule has 1 N–H and O–H groups in total. The lowest BCUT2D eigenvalue weighted by molar-refractivity contribution is -0.384. The molecule has 1 heterocycles. The van der Waals surface area contributed by atoms with E-state index in [0.29, 0.717) is 0 Å². The van der Waals surface area contributed by atoms with Crippen molar-refractivity contribution >= 4 is 21.8 Å². The first kappa shape index (κ1) is 20.2. The van der Waals surface area contributed by atoms with E-state index in [0.717, 1.165) is 24.3 Å². The molecule has 0 spiro atoms. The van der Waals surface area contributed by atoms with E-state index in [1.807, 2.05) is 0 Å². The smallest absolute Gasteiger partial charge is 0.305 e. The maximum atomic E-state index is 12.2. The average Bonchev–Trinajstić information content (AvgIpc) is 2.51. The number of nitro groups is 1. The van der Waals surface area contributed by atoms with E-state index in [1.165, 1.54) is 0 Å². The van der Waals surface area contributed by atoms with Crippen LogP contribution in [0.15, 0.2) is 29.2 Å². The number of non-ortho nitro benzene ring substituents is 1. The van der Waals surface area contributed by atoms with Gasteiger partial charge in [-0.3, -0.25) is 19.1 Å². The minimum absolute atomic E-state index is 0.158. The van der Waals surface area contributed by atoms with Gasteiger partial charge in [-0.05, 0) is 26.0 Å². The second kappa shape index (κ2) is 7.66. The predicted molar refractivity (Wildman–Crippen MR) is 86.9 cm³/mol. The van der Waals surface area contributed by atoms with Gasteiger partial charge in [0, 0.05) is 18.6 Å². The molecule has 144 valence electrons. The van der Waals surface area contributed by atoms with E-state index in [1.54, 1.807) is 13.8 Å². The van der Waals surface area contributed by atoms with E-state index < -0.39 is 39.0 Å². The Bertz CT molecular complexity index is 773. The molecule has 10 nitrogen and oxygen atoms in total. The maximum absolute atomic E-state index is 12.2. The average molecular weight is 389 g/mol. The zero-order valence-electron chi connectivity index (χ0n) is 14.2. The van der Waals surface area contributed by atoms with Crippen molar-refractivity contribution in [1.29, 1.82) is 0 Å². The number of aliphatic carboxylic acids is 1. The summed E-state index contributed by atoms with van der Waals surface area (Å²) in [5, 5.41) is 19.5. The molecular weight excluding hydrogens is 370 g/mol. The van der Waals surface area contributed by atoms with Crippen molar-refractivity contribution in [3.05, 3.63) is 34.4 Å². The fourth-order valence-corrected chi connectivity index (χ4v) is 3.55. The van der Waals surface area contributed by atoms with Crippen LogP contribution in [0.25, 0.3) is 0 Å². The number of carbonyl (C=O) groups is 1. The van der Waals surface area contributed by atoms with Crippen LogP contribution in [0.2, 0.25) is 0 Å². The number of benzene rings is 1. The van der Waals surface area contributed by atoms with E-state index in [4.69, 9.17) is 18.8 Å². The van der Waals surface area contributed by atoms with Crippen molar-refractivity contribution in [1.82, 2.24) is 0 Å². The maximum Gasteiger partial charge on any atom is 0.305 e. The van der Waals surface area contributed by atoms with Crippen LogP contribution in [0.1, 0.15) is 26.7 Å². The standard InChI is InChI=1S/C15H19NO9S/c1-15(2)24-11(8-14(17)18)7-12(25-15)9-23-26(21,22)13-5-3-10(4-6-13)16(19)20/h3-6,11-12H,7-9H2,1-2H3,(H,17,18)/t11-,12+/m1/s1. The van der Waals surface area contributed by atoms with Crippen LogP contribution >= 0.6 is 0 Å². The van der Waals surface area contributed by atoms with Gasteiger partial charge < -0.3 is 14.6 Å². The lowest BCUT2D eigenvalue weighted by Crippen LogP contribution is -2.47. The van der Waals surface area contributed by atoms with E-state index in [-0.39, 0.29) is 30.0 Å². The van der Waals surface area contributed by atoms with Crippen molar-refractivity contribution in [2.24, 2.45) is 0 Å². The highest BCUT2D eigenvalue weighted by atomic mass is 32.2. The fourth-order valence-electron chi connectivity index (χ4n) is 2.61. The molecule has 1 aromatic rings. The summed E-state index contributed by atoms with van der Waals surface area (Å²) in [6.45, 7) is 2.86. The van der Waals surface area contributed by atoms with Crippen LogP contribution in [0.4, 0.5) is 5.69 Å². The van der Waals surface area contributed by atoms with Crippen molar-refractivity contribution < 1.29 is 36.9 Å². The lowest BCUT2D eigenvalue weighted by atomic mass is 10.1. The van der Waals surface area contributed by atoms with Crippen LogP contribution in [0.5, 0.6) is 0 Å². The third-order valence-electron chi connectivity index (χ3n) is 3.57. The zero-order chi connectivity index (χ0) is 19.5. The molecule has 0 aliphatic carbocycles. The molecule has 1 aliphatic rings. The number of carboxylic acids is 1. The second-order valence-electron chi connectivity index (χ2n) is 6.20. The van der Waals surface area contributed by atoms with E-state index >= 15 is 0 Å². The minimum atomic E-state index is -4.14. The van der Waals surface area contributed by atoms with Gasteiger partial charge in [0.05, 0.1) is 35.1 Å². The first-order valence-corrected chi connectivity index (χ1v) is 9.11. The Hall–Kier alpha value is -2.08. The number of hydrogen-bond donors (Lipinski definition) is 1. The molecule has 1 saturated heterocycles. The van der Waals surface area contributed by atoms with Crippen LogP contribution < -0.4 is 0 Å². The van der Waals surface area contributed by atoms with Crippen molar-refractivity contribution in [2.45, 2.75) is 49.6 Å². The van der Waals surface area contributed by atoms with E-state index in [2.05, 4.69) is 0 Å². The summed E-state index contributed by atoms with van der Waals surface area (Å²) < 4.78 is 40.5. The number of carboxylic acid groups (broad SMARTS) is 1. The molecule has 0 aromatic heterocycles. The van der Waals surface area contributed by atoms with Gasteiger partial charge in [0.1, 0.15) is 0 Å². The Kier molecular flexibility index (Phi) is 5.96. The zero-order valence-corrected chi connectivity index (χ0v) is 15.0. The monoisotopic (exact) mass is 389 g/mol. The van der Waals surface area contributed by atoms with Gasteiger partial charge in [-0.2, -0.15) is 8.42 Å². The minimum Gasteiger partial charge on any atom is -0.481 e. The SMILES string of the molecule is CC1(C)O[C@H](COS(=O)(=O)c2ccc([N+](=O)[O-])cc2)C[C@H](CC(=O)O)O1. The molecule has 1 aromatic carbocycles. The highest BCUT2D eigenvalue weighted by molar-refractivity contribution is 7.86.